The zero-order chi connectivity index (χ0) is 15.8. The third-order valence-electron chi connectivity index (χ3n) is 4.16. The number of benzene rings is 2. The third-order valence-corrected chi connectivity index (χ3v) is 4.16. The van der Waals surface area contributed by atoms with Crippen LogP contribution >= 0.6 is 0 Å². The number of nitrogens with one attached hydrogen (secondary N) is 1. The van der Waals surface area contributed by atoms with Crippen molar-refractivity contribution in [2.24, 2.45) is 0 Å². The van der Waals surface area contributed by atoms with E-state index in [1.54, 1.807) is 0 Å². The van der Waals surface area contributed by atoms with Gasteiger partial charge in [0, 0.05) is 11.3 Å². The number of anilines is 1. The minimum atomic E-state index is -0.0657. The number of epoxide rings is 1. The van der Waals surface area contributed by atoms with Crippen LogP contribution in [0.3, 0.4) is 0 Å². The Balaban J connectivity index is 1.72. The van der Waals surface area contributed by atoms with Crippen LogP contribution in [0.25, 0.3) is 11.1 Å². The van der Waals surface area contributed by atoms with Crippen LogP contribution in [-0.4, -0.2) is 25.2 Å². The van der Waals surface area contributed by atoms with Crippen LogP contribution in [0, 0.1) is 0 Å². The Hall–Kier alpha value is -2.59. The van der Waals surface area contributed by atoms with E-state index in [4.69, 9.17) is 9.47 Å². The molecule has 1 N–H and O–H groups in total. The molecule has 2 aromatic carbocycles. The average molecular weight is 307 g/mol. The maximum absolute atomic E-state index is 12.4. The topological polar surface area (TPSA) is 50.9 Å². The van der Waals surface area contributed by atoms with Gasteiger partial charge in [-0.2, -0.15) is 0 Å². The first-order valence-electron chi connectivity index (χ1n) is 7.69. The molecule has 4 nitrogen and oxygen atoms in total. The lowest BCUT2D eigenvalue weighted by atomic mass is 9.96. The lowest BCUT2D eigenvalue weighted by Gasteiger charge is -2.08. The number of ether oxygens (including phenoxy) is 2. The second-order valence-corrected chi connectivity index (χ2v) is 5.79. The zero-order valence-electron chi connectivity index (χ0n) is 12.8. The fourth-order valence-electron chi connectivity index (χ4n) is 2.79. The Labute approximate surface area is 134 Å². The lowest BCUT2D eigenvalue weighted by molar-refractivity contribution is -0.110. The first-order valence-corrected chi connectivity index (χ1v) is 7.69. The average Bonchev–Trinajstić information content (AvgIpc) is 3.34. The van der Waals surface area contributed by atoms with Gasteiger partial charge >= 0.3 is 0 Å². The maximum Gasteiger partial charge on any atom is 0.256 e. The van der Waals surface area contributed by atoms with Gasteiger partial charge in [-0.1, -0.05) is 30.3 Å². The molecule has 2 heterocycles. The lowest BCUT2D eigenvalue weighted by Crippen LogP contribution is -2.05. The Morgan fingerprint density at radius 2 is 2.04 bits per heavy atom. The molecule has 4 rings (SSSR count). The van der Waals surface area contributed by atoms with Gasteiger partial charge in [-0.05, 0) is 36.3 Å². The Morgan fingerprint density at radius 3 is 2.78 bits per heavy atom. The molecule has 1 saturated heterocycles. The molecule has 23 heavy (non-hydrogen) atoms. The molecule has 0 saturated carbocycles. The fraction of sp³-hybridized carbons (Fsp3) is 0.211. The first-order chi connectivity index (χ1) is 11.2. The van der Waals surface area contributed by atoms with Gasteiger partial charge in [0.05, 0.1) is 12.2 Å². The summed E-state index contributed by atoms with van der Waals surface area (Å²) in [5.74, 6) is 0.693. The Morgan fingerprint density at radius 1 is 1.26 bits per heavy atom. The molecule has 4 heteroatoms. The van der Waals surface area contributed by atoms with Gasteiger partial charge in [0.15, 0.2) is 0 Å². The molecule has 2 aliphatic heterocycles. The predicted octanol–water partition coefficient (Wildman–Crippen LogP) is 3.35. The summed E-state index contributed by atoms with van der Waals surface area (Å²) >= 11 is 0. The summed E-state index contributed by atoms with van der Waals surface area (Å²) in [5.41, 5.74) is 4.44. The van der Waals surface area contributed by atoms with Gasteiger partial charge in [0.1, 0.15) is 18.5 Å². The monoisotopic (exact) mass is 307 g/mol. The van der Waals surface area contributed by atoms with Crippen molar-refractivity contribution >= 4 is 22.7 Å². The van der Waals surface area contributed by atoms with Gasteiger partial charge in [0.25, 0.3) is 5.91 Å². The molecule has 0 aliphatic carbocycles. The first kappa shape index (κ1) is 14.0. The van der Waals surface area contributed by atoms with Gasteiger partial charge in [-0.25, -0.2) is 0 Å². The smallest absolute Gasteiger partial charge is 0.256 e. The van der Waals surface area contributed by atoms with Crippen LogP contribution in [0.1, 0.15) is 18.1 Å². The van der Waals surface area contributed by atoms with Gasteiger partial charge in [-0.3, -0.25) is 4.79 Å². The summed E-state index contributed by atoms with van der Waals surface area (Å²) in [6.07, 6.45) is 0.212. The fourth-order valence-corrected chi connectivity index (χ4v) is 2.79. The van der Waals surface area contributed by atoms with Gasteiger partial charge in [0.2, 0.25) is 0 Å². The summed E-state index contributed by atoms with van der Waals surface area (Å²) in [4.78, 5) is 12.4. The van der Waals surface area contributed by atoms with Crippen molar-refractivity contribution in [3.63, 3.8) is 0 Å². The van der Waals surface area contributed by atoms with E-state index in [0.29, 0.717) is 12.2 Å². The minimum absolute atomic E-state index is 0.0657. The van der Waals surface area contributed by atoms with E-state index in [1.165, 1.54) is 0 Å². The molecule has 1 fully saturated rings. The number of fused-ring (bicyclic) bond motifs is 1. The number of hydrogen-bond acceptors (Lipinski definition) is 3. The third kappa shape index (κ3) is 2.73. The van der Waals surface area contributed by atoms with Crippen LogP contribution in [0.15, 0.2) is 48.5 Å². The number of rotatable bonds is 4. The van der Waals surface area contributed by atoms with Crippen LogP contribution < -0.4 is 10.1 Å². The van der Waals surface area contributed by atoms with Crippen molar-refractivity contribution in [2.45, 2.75) is 13.0 Å². The highest BCUT2D eigenvalue weighted by Crippen LogP contribution is 2.38. The summed E-state index contributed by atoms with van der Waals surface area (Å²) in [5, 5.41) is 2.93. The van der Waals surface area contributed by atoms with E-state index in [1.807, 2.05) is 55.5 Å². The van der Waals surface area contributed by atoms with Crippen molar-refractivity contribution in [2.75, 3.05) is 18.5 Å². The molecule has 2 aromatic rings. The van der Waals surface area contributed by atoms with E-state index in [0.717, 1.165) is 34.7 Å². The van der Waals surface area contributed by atoms with Crippen molar-refractivity contribution in [3.05, 3.63) is 59.7 Å². The quantitative estimate of drug-likeness (QED) is 0.696. The summed E-state index contributed by atoms with van der Waals surface area (Å²) in [7, 11) is 0. The van der Waals surface area contributed by atoms with E-state index >= 15 is 0 Å². The largest absolute Gasteiger partial charge is 0.491 e. The zero-order valence-corrected chi connectivity index (χ0v) is 12.8. The molecule has 0 spiro atoms. The van der Waals surface area contributed by atoms with Crippen molar-refractivity contribution in [3.8, 4) is 5.75 Å². The second kappa shape index (κ2) is 5.56. The molecule has 0 aromatic heterocycles. The van der Waals surface area contributed by atoms with Gasteiger partial charge < -0.3 is 14.8 Å². The van der Waals surface area contributed by atoms with E-state index < -0.39 is 0 Å². The SMILES string of the molecule is CC(=C1C(=O)Nc2ccc(OCC3CO3)cc21)c1ccccc1. The van der Waals surface area contributed by atoms with Crippen LogP contribution in [0.5, 0.6) is 5.75 Å². The van der Waals surface area contributed by atoms with Crippen LogP contribution in [0.4, 0.5) is 5.69 Å². The Bertz CT molecular complexity index is 792. The summed E-state index contributed by atoms with van der Waals surface area (Å²) in [6.45, 7) is 3.30. The maximum atomic E-state index is 12.4. The summed E-state index contributed by atoms with van der Waals surface area (Å²) in [6, 6.07) is 15.6. The molecule has 116 valence electrons. The number of carbonyl (C=O) groups excluding carboxylic acids is 1. The van der Waals surface area contributed by atoms with Crippen LogP contribution in [0.2, 0.25) is 0 Å². The summed E-state index contributed by atoms with van der Waals surface area (Å²) < 4.78 is 10.9. The molecule has 1 amide bonds. The van der Waals surface area contributed by atoms with Crippen molar-refractivity contribution < 1.29 is 14.3 Å². The van der Waals surface area contributed by atoms with Crippen molar-refractivity contribution in [1.29, 1.82) is 0 Å². The van der Waals surface area contributed by atoms with Crippen molar-refractivity contribution in [1.82, 2.24) is 0 Å². The van der Waals surface area contributed by atoms with E-state index in [2.05, 4.69) is 5.32 Å². The number of allylic oxidation sites excluding steroid dienone is 1. The standard InChI is InChI=1S/C19H17NO3/c1-12(13-5-3-2-4-6-13)18-16-9-14(22-10-15-11-23-15)7-8-17(16)20-19(18)21/h2-9,15H,10-11H2,1H3,(H,20,21). The molecule has 1 atom stereocenters. The number of carbonyl (C=O) groups is 1. The molecule has 1 unspecified atom stereocenters. The normalized spacial score (nSPS) is 20.7. The highest BCUT2D eigenvalue weighted by Gasteiger charge is 2.28. The predicted molar refractivity (Wildman–Crippen MR) is 89.2 cm³/mol. The van der Waals surface area contributed by atoms with Crippen LogP contribution in [-0.2, 0) is 9.53 Å². The molecule has 0 bridgehead atoms. The molecular formula is C19H17NO3. The van der Waals surface area contributed by atoms with E-state index in [-0.39, 0.29) is 12.0 Å². The number of amides is 1. The highest BCUT2D eigenvalue weighted by atomic mass is 16.6. The molecule has 2 aliphatic rings. The molecule has 0 radical (unpaired) electrons. The molecular weight excluding hydrogens is 290 g/mol. The Kier molecular flexibility index (Phi) is 3.39. The van der Waals surface area contributed by atoms with E-state index in [9.17, 15) is 4.79 Å². The minimum Gasteiger partial charge on any atom is -0.491 e. The van der Waals surface area contributed by atoms with Gasteiger partial charge in [-0.15, -0.1) is 0 Å². The number of hydrogen-bond donors (Lipinski definition) is 1. The highest BCUT2D eigenvalue weighted by molar-refractivity contribution is 6.36. The second-order valence-electron chi connectivity index (χ2n) is 5.79.